The van der Waals surface area contributed by atoms with Gasteiger partial charge in [0, 0.05) is 0 Å². The molecule has 162 valence electrons. The first-order chi connectivity index (χ1) is 14.3. The number of benzene rings is 1. The average molecular weight is 477 g/mol. The third-order valence-corrected chi connectivity index (χ3v) is 7.45. The molecule has 3 aliphatic heterocycles. The second kappa shape index (κ2) is 7.59. The number of aromatic amines is 1. The van der Waals surface area contributed by atoms with Crippen molar-refractivity contribution >= 4 is 43.0 Å². The van der Waals surface area contributed by atoms with Crippen LogP contribution >= 0.6 is 31.5 Å². The standard InChI is InChI=1S/C16H18ClN4O7PS/c17-7-1-3-8(4-2-7)30-16-20-10-13(18-6-19-14(10)23)21(16)15-11(22)12-9(27-15)5-26-29(24,25)28-12/h1-4,6,9,11-12,15-16,20,22,24-25,29H,5H2,(H,18,19,23)/t9?,11-,12?,15+,16?/m0/s1. The normalized spacial score (nSPS) is 32.9. The van der Waals surface area contributed by atoms with E-state index in [0.717, 1.165) is 4.90 Å². The van der Waals surface area contributed by atoms with Gasteiger partial charge in [0.25, 0.3) is 0 Å². The third-order valence-electron chi connectivity index (χ3n) is 4.97. The summed E-state index contributed by atoms with van der Waals surface area (Å²) in [5.41, 5.74) is -0.686. The van der Waals surface area contributed by atoms with Gasteiger partial charge in [-0.3, -0.25) is 0 Å². The number of fused-ring (bicyclic) bond motifs is 2. The Morgan fingerprint density at radius 2 is 2.07 bits per heavy atom. The Hall–Kier alpha value is -1.47. The number of aliphatic hydroxyl groups excluding tert-OH is 1. The molecule has 0 amide bonds. The van der Waals surface area contributed by atoms with Crippen LogP contribution in [0.3, 0.4) is 0 Å². The van der Waals surface area contributed by atoms with Crippen molar-refractivity contribution in [3.8, 4) is 0 Å². The molecule has 1 aromatic carbocycles. The van der Waals surface area contributed by atoms with E-state index in [-0.39, 0.29) is 17.9 Å². The Morgan fingerprint density at radius 1 is 1.30 bits per heavy atom. The first-order valence-corrected chi connectivity index (χ1v) is 11.9. The number of hydrogen-bond acceptors (Lipinski definition) is 11. The van der Waals surface area contributed by atoms with E-state index in [1.54, 1.807) is 17.0 Å². The summed E-state index contributed by atoms with van der Waals surface area (Å²) < 4.78 is 16.0. The molecule has 4 heterocycles. The van der Waals surface area contributed by atoms with Crippen LogP contribution in [0.2, 0.25) is 5.02 Å². The zero-order valence-electron chi connectivity index (χ0n) is 15.1. The van der Waals surface area contributed by atoms with Crippen LogP contribution in [0.15, 0.2) is 40.3 Å². The molecule has 5 N–H and O–H groups in total. The van der Waals surface area contributed by atoms with E-state index in [1.807, 2.05) is 12.1 Å². The third kappa shape index (κ3) is 3.58. The fourth-order valence-electron chi connectivity index (χ4n) is 3.63. The molecule has 2 fully saturated rings. The Bertz CT molecular complexity index is 1010. The summed E-state index contributed by atoms with van der Waals surface area (Å²) in [6.07, 6.45) is -2.65. The quantitative estimate of drug-likeness (QED) is 0.397. The first-order valence-electron chi connectivity index (χ1n) is 8.97. The van der Waals surface area contributed by atoms with Gasteiger partial charge in [-0.25, -0.2) is 0 Å². The molecule has 5 rings (SSSR count). The van der Waals surface area contributed by atoms with Gasteiger partial charge in [0.1, 0.15) is 0 Å². The van der Waals surface area contributed by atoms with Crippen molar-refractivity contribution in [1.82, 2.24) is 9.97 Å². The van der Waals surface area contributed by atoms with Gasteiger partial charge in [-0.15, -0.1) is 0 Å². The van der Waals surface area contributed by atoms with Gasteiger partial charge in [0.15, 0.2) is 0 Å². The van der Waals surface area contributed by atoms with E-state index in [9.17, 15) is 19.7 Å². The summed E-state index contributed by atoms with van der Waals surface area (Å²) in [5.74, 6) is 0.297. The molecule has 0 aliphatic carbocycles. The Balaban J connectivity index is 1.48. The monoisotopic (exact) mass is 476 g/mol. The predicted molar refractivity (Wildman–Crippen MR) is 110 cm³/mol. The number of hydrogen-bond donors (Lipinski definition) is 5. The summed E-state index contributed by atoms with van der Waals surface area (Å²) in [5, 5.41) is 14.6. The van der Waals surface area contributed by atoms with Crippen molar-refractivity contribution < 1.29 is 28.7 Å². The molecule has 1 aromatic heterocycles. The van der Waals surface area contributed by atoms with Crippen LogP contribution < -0.4 is 15.8 Å². The van der Waals surface area contributed by atoms with Crippen molar-refractivity contribution in [2.75, 3.05) is 16.8 Å². The average Bonchev–Trinajstić information content (AvgIpc) is 3.21. The van der Waals surface area contributed by atoms with Crippen LogP contribution in [0.4, 0.5) is 11.5 Å². The zero-order valence-corrected chi connectivity index (χ0v) is 17.7. The van der Waals surface area contributed by atoms with E-state index < -0.39 is 38.2 Å². The van der Waals surface area contributed by atoms with Crippen molar-refractivity contribution in [3.05, 3.63) is 46.0 Å². The Labute approximate surface area is 179 Å². The van der Waals surface area contributed by atoms with Gasteiger partial charge < -0.3 is 0 Å². The maximum atomic E-state index is 12.3. The van der Waals surface area contributed by atoms with Crippen molar-refractivity contribution in [1.29, 1.82) is 0 Å². The zero-order chi connectivity index (χ0) is 21.0. The molecular weight excluding hydrogens is 459 g/mol. The van der Waals surface area contributed by atoms with E-state index >= 15 is 0 Å². The minimum absolute atomic E-state index is 0.136. The van der Waals surface area contributed by atoms with Crippen LogP contribution in [-0.2, 0) is 13.8 Å². The van der Waals surface area contributed by atoms with Crippen LogP contribution in [0, 0.1) is 0 Å². The second-order valence-corrected chi connectivity index (χ2v) is 10.1. The van der Waals surface area contributed by atoms with Gasteiger partial charge in [0.2, 0.25) is 0 Å². The fraction of sp³-hybridized carbons (Fsp3) is 0.375. The topological polar surface area (TPSA) is 149 Å². The van der Waals surface area contributed by atoms with Gasteiger partial charge in [-0.2, -0.15) is 0 Å². The molecule has 5 atom stereocenters. The summed E-state index contributed by atoms with van der Waals surface area (Å²) in [7, 11) is -4.31. The summed E-state index contributed by atoms with van der Waals surface area (Å²) in [6.45, 7) is -0.136. The van der Waals surface area contributed by atoms with Gasteiger partial charge >= 0.3 is 179 Å². The molecule has 0 bridgehead atoms. The molecule has 11 nitrogen and oxygen atoms in total. The number of ether oxygens (including phenoxy) is 1. The minimum atomic E-state index is -4.31. The first kappa shape index (κ1) is 20.4. The van der Waals surface area contributed by atoms with Gasteiger partial charge in [-0.1, -0.05) is 0 Å². The number of H-pyrrole nitrogens is 1. The molecule has 0 spiro atoms. The number of rotatable bonds is 3. The molecule has 2 aromatic rings. The van der Waals surface area contributed by atoms with E-state index in [1.165, 1.54) is 18.1 Å². The van der Waals surface area contributed by atoms with Crippen LogP contribution in [0.5, 0.6) is 0 Å². The van der Waals surface area contributed by atoms with Gasteiger partial charge in [-0.05, 0) is 0 Å². The number of anilines is 2. The number of halogens is 1. The SMILES string of the molecule is O=c1[nH]cnc2c1NC(Sc1ccc(Cl)cc1)N2[C@@H]1OC2CO[PH](O)(O)OC2[C@@H]1O. The molecule has 2 saturated heterocycles. The van der Waals surface area contributed by atoms with Crippen LogP contribution in [0.1, 0.15) is 0 Å². The Kier molecular flexibility index (Phi) is 5.17. The van der Waals surface area contributed by atoms with Crippen molar-refractivity contribution in [3.63, 3.8) is 0 Å². The predicted octanol–water partition coefficient (Wildman–Crippen LogP) is 0.627. The van der Waals surface area contributed by atoms with E-state index in [0.29, 0.717) is 10.8 Å². The van der Waals surface area contributed by atoms with Crippen molar-refractivity contribution in [2.24, 2.45) is 0 Å². The number of thioether (sulfide) groups is 1. The van der Waals surface area contributed by atoms with E-state index in [2.05, 4.69) is 15.3 Å². The van der Waals surface area contributed by atoms with Crippen LogP contribution in [0.25, 0.3) is 0 Å². The molecule has 30 heavy (non-hydrogen) atoms. The number of nitrogens with zero attached hydrogens (tertiary/aromatic N) is 2. The number of aromatic nitrogens is 2. The van der Waals surface area contributed by atoms with Crippen LogP contribution in [-0.4, -0.2) is 61.5 Å². The van der Waals surface area contributed by atoms with Gasteiger partial charge in [0.05, 0.1) is 0 Å². The van der Waals surface area contributed by atoms with Crippen molar-refractivity contribution in [2.45, 2.75) is 34.9 Å². The molecule has 3 unspecified atom stereocenters. The summed E-state index contributed by atoms with van der Waals surface area (Å²) >= 11 is 7.32. The molecular formula is C16H18ClN4O7PS. The van der Waals surface area contributed by atoms with E-state index in [4.69, 9.17) is 25.4 Å². The molecule has 0 saturated carbocycles. The summed E-state index contributed by atoms with van der Waals surface area (Å²) in [4.78, 5) is 41.0. The maximum absolute atomic E-state index is 12.3. The molecule has 3 aliphatic rings. The number of aliphatic hydroxyl groups is 1. The second-order valence-electron chi connectivity index (χ2n) is 6.90. The molecule has 0 radical (unpaired) electrons. The fourth-order valence-corrected chi connectivity index (χ4v) is 5.92. The number of nitrogens with one attached hydrogen (secondary N) is 2. The summed E-state index contributed by atoms with van der Waals surface area (Å²) in [6, 6.07) is 7.14. The molecule has 14 heteroatoms. The Morgan fingerprint density at radius 3 is 2.83 bits per heavy atom.